The minimum Gasteiger partial charge on any atom is -0.479 e. The lowest BCUT2D eigenvalue weighted by molar-refractivity contribution is -0.150. The number of rotatable bonds is 2. The van der Waals surface area contributed by atoms with Gasteiger partial charge in [-0.2, -0.15) is 0 Å². The second-order valence-electron chi connectivity index (χ2n) is 4.07. The lowest BCUT2D eigenvalue weighted by Crippen LogP contribution is -2.46. The summed E-state index contributed by atoms with van der Waals surface area (Å²) in [5, 5.41) is 9.61. The lowest BCUT2D eigenvalue weighted by atomic mass is 10.1. The van der Waals surface area contributed by atoms with Crippen LogP contribution < -0.4 is 4.90 Å². The predicted octanol–water partition coefficient (Wildman–Crippen LogP) is 1.94. The lowest BCUT2D eigenvalue weighted by Gasteiger charge is -2.33. The second-order valence-corrected chi connectivity index (χ2v) is 4.51. The number of hydrogen-bond donors (Lipinski definition) is 1. The number of carboxylic acid groups (broad SMARTS) is 1. The summed E-state index contributed by atoms with van der Waals surface area (Å²) >= 11 is 5.96. The summed E-state index contributed by atoms with van der Waals surface area (Å²) < 4.78 is 5.19. The fraction of sp³-hybridized carbons (Fsp3) is 0.417. The van der Waals surface area contributed by atoms with E-state index >= 15 is 0 Å². The highest BCUT2D eigenvalue weighted by Gasteiger charge is 2.26. The fourth-order valence-electron chi connectivity index (χ4n) is 1.94. The highest BCUT2D eigenvalue weighted by molar-refractivity contribution is 6.30. The van der Waals surface area contributed by atoms with Gasteiger partial charge >= 0.3 is 5.97 Å². The first-order valence-corrected chi connectivity index (χ1v) is 5.81. The van der Waals surface area contributed by atoms with Crippen molar-refractivity contribution in [2.75, 3.05) is 24.6 Å². The van der Waals surface area contributed by atoms with Gasteiger partial charge in [-0.15, -0.1) is 0 Å². The van der Waals surface area contributed by atoms with E-state index in [9.17, 15) is 4.79 Å². The highest BCUT2D eigenvalue weighted by Crippen LogP contribution is 2.25. The van der Waals surface area contributed by atoms with Gasteiger partial charge < -0.3 is 14.7 Å². The third-order valence-corrected chi connectivity index (χ3v) is 3.09. The first kappa shape index (κ1) is 12.2. The average molecular weight is 256 g/mol. The van der Waals surface area contributed by atoms with Crippen molar-refractivity contribution < 1.29 is 14.6 Å². The zero-order valence-corrected chi connectivity index (χ0v) is 10.3. The van der Waals surface area contributed by atoms with Crippen molar-refractivity contribution in [2.24, 2.45) is 0 Å². The Labute approximate surface area is 105 Å². The van der Waals surface area contributed by atoms with Gasteiger partial charge in [-0.1, -0.05) is 17.7 Å². The van der Waals surface area contributed by atoms with E-state index in [1.807, 2.05) is 30.0 Å². The number of aliphatic carboxylic acids is 1. The van der Waals surface area contributed by atoms with Crippen molar-refractivity contribution in [1.82, 2.24) is 0 Å². The van der Waals surface area contributed by atoms with Gasteiger partial charge in [-0.25, -0.2) is 4.79 Å². The van der Waals surface area contributed by atoms with Gasteiger partial charge in [0.15, 0.2) is 6.10 Å². The topological polar surface area (TPSA) is 49.8 Å². The summed E-state index contributed by atoms with van der Waals surface area (Å²) in [6.45, 7) is 3.45. The van der Waals surface area contributed by atoms with Gasteiger partial charge in [0.25, 0.3) is 0 Å². The number of anilines is 1. The first-order valence-electron chi connectivity index (χ1n) is 5.43. The molecule has 1 saturated heterocycles. The van der Waals surface area contributed by atoms with Crippen LogP contribution in [0.4, 0.5) is 5.69 Å². The maximum absolute atomic E-state index is 10.9. The molecule has 0 amide bonds. The molecule has 1 unspecified atom stereocenters. The molecule has 0 aliphatic carbocycles. The third-order valence-electron chi connectivity index (χ3n) is 2.85. The highest BCUT2D eigenvalue weighted by atomic mass is 35.5. The van der Waals surface area contributed by atoms with E-state index < -0.39 is 12.1 Å². The van der Waals surface area contributed by atoms with Crippen LogP contribution >= 0.6 is 11.6 Å². The molecule has 92 valence electrons. The monoisotopic (exact) mass is 255 g/mol. The molecule has 1 atom stereocenters. The number of ether oxygens (including phenoxy) is 1. The molecule has 4 nitrogen and oxygen atoms in total. The van der Waals surface area contributed by atoms with Crippen LogP contribution in [0, 0.1) is 6.92 Å². The van der Waals surface area contributed by atoms with Crippen LogP contribution in [-0.2, 0) is 9.53 Å². The quantitative estimate of drug-likeness (QED) is 0.878. The SMILES string of the molecule is Cc1ccc(Cl)cc1N1CCOC(C(=O)O)C1. The predicted molar refractivity (Wildman–Crippen MR) is 65.8 cm³/mol. The molecule has 1 aliphatic rings. The molecule has 1 heterocycles. The molecule has 17 heavy (non-hydrogen) atoms. The van der Waals surface area contributed by atoms with Crippen molar-refractivity contribution in [1.29, 1.82) is 0 Å². The summed E-state index contributed by atoms with van der Waals surface area (Å²) in [5.41, 5.74) is 2.06. The van der Waals surface area contributed by atoms with Gasteiger partial charge in [0, 0.05) is 17.3 Å². The normalized spacial score (nSPS) is 20.4. The largest absolute Gasteiger partial charge is 0.479 e. The Bertz CT molecular complexity index is 436. The molecule has 0 radical (unpaired) electrons. The number of halogens is 1. The van der Waals surface area contributed by atoms with Crippen molar-refractivity contribution in [3.8, 4) is 0 Å². The Morgan fingerprint density at radius 3 is 3.06 bits per heavy atom. The van der Waals surface area contributed by atoms with Crippen LogP contribution in [-0.4, -0.2) is 36.9 Å². The van der Waals surface area contributed by atoms with Gasteiger partial charge in [-0.05, 0) is 24.6 Å². The molecule has 0 spiro atoms. The molecule has 1 fully saturated rings. The van der Waals surface area contributed by atoms with E-state index in [2.05, 4.69) is 0 Å². The van der Waals surface area contributed by atoms with Crippen LogP contribution in [0.3, 0.4) is 0 Å². The molecule has 1 aliphatic heterocycles. The minimum atomic E-state index is -0.922. The molecule has 1 aromatic carbocycles. The number of carboxylic acids is 1. The molecule has 1 aromatic rings. The summed E-state index contributed by atoms with van der Waals surface area (Å²) in [7, 11) is 0. The van der Waals surface area contributed by atoms with Crippen molar-refractivity contribution >= 4 is 23.3 Å². The maximum atomic E-state index is 10.9. The average Bonchev–Trinajstić information content (AvgIpc) is 2.32. The standard InChI is InChI=1S/C12H14ClNO3/c1-8-2-3-9(13)6-10(8)14-4-5-17-11(7-14)12(15)16/h2-3,6,11H,4-5,7H2,1H3,(H,15,16). The molecular formula is C12H14ClNO3. The van der Waals surface area contributed by atoms with Gasteiger partial charge in [0.05, 0.1) is 13.2 Å². The maximum Gasteiger partial charge on any atom is 0.334 e. The van der Waals surface area contributed by atoms with Gasteiger partial charge in [0.1, 0.15) is 0 Å². The zero-order valence-electron chi connectivity index (χ0n) is 9.52. The molecule has 1 N–H and O–H groups in total. The molecule has 5 heteroatoms. The van der Waals surface area contributed by atoms with Gasteiger partial charge in [0.2, 0.25) is 0 Å². The van der Waals surface area contributed by atoms with E-state index in [1.54, 1.807) is 0 Å². The zero-order chi connectivity index (χ0) is 12.4. The fourth-order valence-corrected chi connectivity index (χ4v) is 2.11. The van der Waals surface area contributed by atoms with Crippen LogP contribution in [0.2, 0.25) is 5.02 Å². The molecular weight excluding hydrogens is 242 g/mol. The van der Waals surface area contributed by atoms with E-state index in [0.717, 1.165) is 11.3 Å². The second kappa shape index (κ2) is 4.94. The number of carbonyl (C=O) groups is 1. The summed E-state index contributed by atoms with van der Waals surface area (Å²) in [6, 6.07) is 5.62. The Balaban J connectivity index is 2.21. The van der Waals surface area contributed by atoms with E-state index in [1.165, 1.54) is 0 Å². The van der Waals surface area contributed by atoms with Crippen molar-refractivity contribution in [3.63, 3.8) is 0 Å². The molecule has 0 aromatic heterocycles. The van der Waals surface area contributed by atoms with E-state index in [-0.39, 0.29) is 0 Å². The Morgan fingerprint density at radius 1 is 1.59 bits per heavy atom. The van der Waals surface area contributed by atoms with Crippen LogP contribution in [0.15, 0.2) is 18.2 Å². The summed E-state index contributed by atoms with van der Waals surface area (Å²) in [6.07, 6.45) is -0.762. The Hall–Kier alpha value is -1.26. The van der Waals surface area contributed by atoms with E-state index in [4.69, 9.17) is 21.4 Å². The number of nitrogens with zero attached hydrogens (tertiary/aromatic N) is 1. The molecule has 0 bridgehead atoms. The number of benzene rings is 1. The minimum absolute atomic E-state index is 0.358. The van der Waals surface area contributed by atoms with Crippen LogP contribution in [0.5, 0.6) is 0 Å². The number of aryl methyl sites for hydroxylation is 1. The number of morpholine rings is 1. The van der Waals surface area contributed by atoms with Crippen molar-refractivity contribution in [3.05, 3.63) is 28.8 Å². The van der Waals surface area contributed by atoms with E-state index in [0.29, 0.717) is 24.7 Å². The van der Waals surface area contributed by atoms with Gasteiger partial charge in [-0.3, -0.25) is 0 Å². The number of hydrogen-bond acceptors (Lipinski definition) is 3. The summed E-state index contributed by atoms with van der Waals surface area (Å²) in [4.78, 5) is 12.9. The molecule has 0 saturated carbocycles. The first-order chi connectivity index (χ1) is 8.08. The van der Waals surface area contributed by atoms with Crippen molar-refractivity contribution in [2.45, 2.75) is 13.0 Å². The van der Waals surface area contributed by atoms with Crippen LogP contribution in [0.1, 0.15) is 5.56 Å². The smallest absolute Gasteiger partial charge is 0.334 e. The Morgan fingerprint density at radius 2 is 2.35 bits per heavy atom. The van der Waals surface area contributed by atoms with Crippen LogP contribution in [0.25, 0.3) is 0 Å². The Kier molecular flexibility index (Phi) is 3.54. The molecule has 2 rings (SSSR count). The third kappa shape index (κ3) is 2.70. The summed E-state index contributed by atoms with van der Waals surface area (Å²) in [5.74, 6) is -0.922.